The van der Waals surface area contributed by atoms with Gasteiger partial charge in [-0.15, -0.1) is 0 Å². The van der Waals surface area contributed by atoms with E-state index < -0.39 is 23.5 Å². The maximum Gasteiger partial charge on any atom is 0.416 e. The number of alkyl halides is 3. The zero-order chi connectivity index (χ0) is 26.6. The van der Waals surface area contributed by atoms with Gasteiger partial charge in [0.05, 0.1) is 5.56 Å². The van der Waals surface area contributed by atoms with Crippen molar-refractivity contribution in [2.24, 2.45) is 5.92 Å². The van der Waals surface area contributed by atoms with Gasteiger partial charge in [-0.3, -0.25) is 9.59 Å². The van der Waals surface area contributed by atoms with Crippen molar-refractivity contribution in [2.45, 2.75) is 19.0 Å². The SMILES string of the molecule is Nc1ccc(C(=O)N(CCN2CCC(C(=O)c3ccc(F)cc3)CC2)c2cccc(C(F)(F)F)c2)cc1. The number of piperidine rings is 1. The first-order valence-electron chi connectivity index (χ1n) is 12.0. The molecule has 3 aromatic rings. The van der Waals surface area contributed by atoms with Crippen LogP contribution in [0.1, 0.15) is 39.1 Å². The first kappa shape index (κ1) is 26.3. The molecule has 5 nitrogen and oxygen atoms in total. The number of rotatable bonds is 7. The van der Waals surface area contributed by atoms with E-state index >= 15 is 0 Å². The Morgan fingerprint density at radius 1 is 0.919 bits per heavy atom. The normalized spacial score (nSPS) is 14.9. The lowest BCUT2D eigenvalue weighted by atomic mass is 9.89. The summed E-state index contributed by atoms with van der Waals surface area (Å²) in [4.78, 5) is 29.5. The Labute approximate surface area is 212 Å². The zero-order valence-corrected chi connectivity index (χ0v) is 20.0. The number of benzene rings is 3. The van der Waals surface area contributed by atoms with E-state index in [-0.39, 0.29) is 23.9 Å². The largest absolute Gasteiger partial charge is 0.416 e. The predicted molar refractivity (Wildman–Crippen MR) is 134 cm³/mol. The van der Waals surface area contributed by atoms with Crippen LogP contribution in [0.4, 0.5) is 28.9 Å². The van der Waals surface area contributed by atoms with Gasteiger partial charge in [0.1, 0.15) is 5.82 Å². The molecule has 0 atom stereocenters. The molecule has 0 spiro atoms. The van der Waals surface area contributed by atoms with E-state index in [2.05, 4.69) is 4.90 Å². The van der Waals surface area contributed by atoms with Gasteiger partial charge in [0, 0.05) is 41.5 Å². The van der Waals surface area contributed by atoms with Gasteiger partial charge >= 0.3 is 6.18 Å². The van der Waals surface area contributed by atoms with E-state index in [9.17, 15) is 27.2 Å². The van der Waals surface area contributed by atoms with E-state index in [1.807, 2.05) is 0 Å². The molecule has 1 heterocycles. The van der Waals surface area contributed by atoms with Crippen LogP contribution in [0.25, 0.3) is 0 Å². The third kappa shape index (κ3) is 6.54. The molecule has 0 bridgehead atoms. The number of halogens is 4. The van der Waals surface area contributed by atoms with Gasteiger partial charge in [-0.05, 0) is 92.7 Å². The van der Waals surface area contributed by atoms with Crippen molar-refractivity contribution in [3.63, 3.8) is 0 Å². The van der Waals surface area contributed by atoms with Crippen LogP contribution in [-0.4, -0.2) is 42.8 Å². The van der Waals surface area contributed by atoms with Crippen LogP contribution in [0.5, 0.6) is 0 Å². The number of nitrogens with zero attached hydrogens (tertiary/aromatic N) is 2. The smallest absolute Gasteiger partial charge is 0.399 e. The van der Waals surface area contributed by atoms with E-state index in [4.69, 9.17) is 5.73 Å². The molecule has 0 radical (unpaired) electrons. The highest BCUT2D eigenvalue weighted by atomic mass is 19.4. The zero-order valence-electron chi connectivity index (χ0n) is 20.0. The highest BCUT2D eigenvalue weighted by molar-refractivity contribution is 6.06. The summed E-state index contributed by atoms with van der Waals surface area (Å²) in [6.07, 6.45) is -3.33. The molecule has 194 valence electrons. The van der Waals surface area contributed by atoms with E-state index in [0.717, 1.165) is 12.1 Å². The molecule has 1 aliphatic heterocycles. The van der Waals surface area contributed by atoms with Crippen LogP contribution in [0.15, 0.2) is 72.8 Å². The minimum absolute atomic E-state index is 0.0243. The Kier molecular flexibility index (Phi) is 7.92. The lowest BCUT2D eigenvalue weighted by Gasteiger charge is -2.33. The van der Waals surface area contributed by atoms with Gasteiger partial charge < -0.3 is 15.5 Å². The number of amides is 1. The molecular formula is C28H27F4N3O2. The molecule has 9 heteroatoms. The van der Waals surface area contributed by atoms with Gasteiger partial charge in [0.25, 0.3) is 5.91 Å². The fraction of sp³-hybridized carbons (Fsp3) is 0.286. The number of Topliss-reactive ketones (excluding diaryl/α,β-unsaturated/α-hetero) is 1. The summed E-state index contributed by atoms with van der Waals surface area (Å²) >= 11 is 0. The van der Waals surface area contributed by atoms with E-state index in [1.54, 1.807) is 24.3 Å². The van der Waals surface area contributed by atoms with Crippen molar-refractivity contribution < 1.29 is 27.2 Å². The average molecular weight is 514 g/mol. The Balaban J connectivity index is 1.45. The first-order chi connectivity index (χ1) is 17.6. The summed E-state index contributed by atoms with van der Waals surface area (Å²) in [5, 5.41) is 0. The number of ketones is 1. The van der Waals surface area contributed by atoms with Crippen LogP contribution in [0.3, 0.4) is 0 Å². The topological polar surface area (TPSA) is 66.6 Å². The molecule has 37 heavy (non-hydrogen) atoms. The van der Waals surface area contributed by atoms with Crippen LogP contribution >= 0.6 is 0 Å². The summed E-state index contributed by atoms with van der Waals surface area (Å²) in [5.74, 6) is -1.03. The quantitative estimate of drug-likeness (QED) is 0.251. The number of anilines is 2. The molecule has 0 aromatic heterocycles. The molecular weight excluding hydrogens is 486 g/mol. The Hall–Kier alpha value is -3.72. The van der Waals surface area contributed by atoms with Gasteiger partial charge in [-0.25, -0.2) is 4.39 Å². The fourth-order valence-corrected chi connectivity index (χ4v) is 4.49. The van der Waals surface area contributed by atoms with Crippen molar-refractivity contribution in [1.82, 2.24) is 4.90 Å². The third-order valence-electron chi connectivity index (χ3n) is 6.61. The van der Waals surface area contributed by atoms with Crippen molar-refractivity contribution >= 4 is 23.1 Å². The van der Waals surface area contributed by atoms with Gasteiger partial charge in [-0.2, -0.15) is 13.2 Å². The molecule has 1 saturated heterocycles. The lowest BCUT2D eigenvalue weighted by molar-refractivity contribution is -0.137. The monoisotopic (exact) mass is 513 g/mol. The summed E-state index contributed by atoms with van der Waals surface area (Å²) < 4.78 is 53.2. The average Bonchev–Trinajstić information content (AvgIpc) is 2.89. The second kappa shape index (κ2) is 11.1. The number of hydrogen-bond acceptors (Lipinski definition) is 4. The Morgan fingerprint density at radius 3 is 2.16 bits per heavy atom. The standard InChI is InChI=1S/C28H27F4N3O2/c29-23-8-4-19(5-9-23)26(36)20-12-14-34(15-13-20)16-17-35(27(37)21-6-10-24(33)11-7-21)25-3-1-2-22(18-25)28(30,31)32/h1-11,18,20H,12-17,33H2. The van der Waals surface area contributed by atoms with E-state index in [0.29, 0.717) is 49.3 Å². The summed E-state index contributed by atoms with van der Waals surface area (Å²) in [7, 11) is 0. The number of hydrogen-bond donors (Lipinski definition) is 1. The summed E-state index contributed by atoms with van der Waals surface area (Å²) in [6.45, 7) is 1.80. The van der Waals surface area contributed by atoms with Crippen LogP contribution in [0, 0.1) is 11.7 Å². The first-order valence-corrected chi connectivity index (χ1v) is 12.0. The molecule has 3 aromatic carbocycles. The highest BCUT2D eigenvalue weighted by Gasteiger charge is 2.32. The van der Waals surface area contributed by atoms with Crippen LogP contribution < -0.4 is 10.6 Å². The highest BCUT2D eigenvalue weighted by Crippen LogP contribution is 2.32. The van der Waals surface area contributed by atoms with Crippen molar-refractivity contribution in [1.29, 1.82) is 0 Å². The number of carbonyl (C=O) groups excluding carboxylic acids is 2. The number of nitrogens with two attached hydrogens (primary N) is 1. The molecule has 1 amide bonds. The van der Waals surface area contributed by atoms with Crippen LogP contribution in [-0.2, 0) is 6.18 Å². The van der Waals surface area contributed by atoms with Gasteiger partial charge in [-0.1, -0.05) is 6.07 Å². The number of likely N-dealkylation sites (tertiary alicyclic amines) is 1. The predicted octanol–water partition coefficient (Wildman–Crippen LogP) is 5.67. The molecule has 4 rings (SSSR count). The minimum atomic E-state index is -4.54. The van der Waals surface area contributed by atoms with Crippen molar-refractivity contribution in [2.75, 3.05) is 36.8 Å². The summed E-state index contributed by atoms with van der Waals surface area (Å²) in [5.41, 5.74) is 6.30. The summed E-state index contributed by atoms with van der Waals surface area (Å²) in [6, 6.07) is 16.5. The second-order valence-corrected chi connectivity index (χ2v) is 9.11. The van der Waals surface area contributed by atoms with E-state index in [1.165, 1.54) is 41.3 Å². The van der Waals surface area contributed by atoms with Gasteiger partial charge in [0.2, 0.25) is 0 Å². The molecule has 0 unspecified atom stereocenters. The Morgan fingerprint density at radius 2 is 1.54 bits per heavy atom. The molecule has 0 aliphatic carbocycles. The number of carbonyl (C=O) groups is 2. The number of nitrogen functional groups attached to an aromatic ring is 1. The molecule has 1 fully saturated rings. The minimum Gasteiger partial charge on any atom is -0.399 e. The Bertz CT molecular complexity index is 1240. The lowest BCUT2D eigenvalue weighted by Crippen LogP contribution is -2.43. The molecule has 2 N–H and O–H groups in total. The fourth-order valence-electron chi connectivity index (χ4n) is 4.49. The maximum atomic E-state index is 13.3. The second-order valence-electron chi connectivity index (χ2n) is 9.11. The van der Waals surface area contributed by atoms with Crippen molar-refractivity contribution in [3.8, 4) is 0 Å². The molecule has 0 saturated carbocycles. The maximum absolute atomic E-state index is 13.3. The third-order valence-corrected chi connectivity index (χ3v) is 6.61. The van der Waals surface area contributed by atoms with Gasteiger partial charge in [0.15, 0.2) is 5.78 Å². The molecule has 1 aliphatic rings. The van der Waals surface area contributed by atoms with Crippen molar-refractivity contribution in [3.05, 3.63) is 95.3 Å². The van der Waals surface area contributed by atoms with Crippen LogP contribution in [0.2, 0.25) is 0 Å².